The third-order valence-electron chi connectivity index (χ3n) is 10.3. The van der Waals surface area contributed by atoms with E-state index < -0.39 is 20.9 Å². The molecule has 0 amide bonds. The minimum Gasteiger partial charge on any atom is -0.0565 e. The number of fused-ring (bicyclic) bond motifs is 3. The maximum absolute atomic E-state index is 6.62. The summed E-state index contributed by atoms with van der Waals surface area (Å²) in [6.45, 7) is 15.6. The molecule has 288 valence electrons. The summed E-state index contributed by atoms with van der Waals surface area (Å²) in [5, 5.41) is 0. The Morgan fingerprint density at radius 2 is 1.32 bits per heavy atom. The van der Waals surface area contributed by atoms with Crippen LogP contribution in [0.5, 0.6) is 11.5 Å². The van der Waals surface area contributed by atoms with E-state index in [-0.39, 0.29) is 31.9 Å². The number of benzene rings is 6. The van der Waals surface area contributed by atoms with Crippen LogP contribution in [0, 0.1) is 18.8 Å². The second-order valence-electron chi connectivity index (χ2n) is 16.3. The zero-order valence-corrected chi connectivity index (χ0v) is 37.5. The van der Waals surface area contributed by atoms with Crippen LogP contribution in [0.25, 0.3) is 11.1 Å². The molecule has 1 aromatic heterocycles. The molecule has 6 aromatic carbocycles. The molecule has 0 bridgehead atoms. The molecule has 0 saturated heterocycles. The molecule has 2 aliphatic heterocycles. The van der Waals surface area contributed by atoms with Gasteiger partial charge < -0.3 is 0 Å². The molecule has 0 fully saturated rings. The fourth-order valence-corrected chi connectivity index (χ4v) is 10.1. The van der Waals surface area contributed by atoms with Crippen molar-refractivity contribution >= 4 is 68.1 Å². The predicted molar refractivity (Wildman–Crippen MR) is 232 cm³/mol. The maximum atomic E-state index is 6.62. The van der Waals surface area contributed by atoms with Crippen LogP contribution < -0.4 is 26.7 Å². The van der Waals surface area contributed by atoms with E-state index in [1.165, 1.54) is 35.2 Å². The predicted octanol–water partition coefficient (Wildman–Crippen LogP) is 11.6. The second kappa shape index (κ2) is 15.5. The molecular formula is C50H43N4OPtTe-3. The molecule has 9 rings (SSSR count). The van der Waals surface area contributed by atoms with Crippen LogP contribution in [-0.2, 0) is 31.9 Å². The summed E-state index contributed by atoms with van der Waals surface area (Å²) in [6, 6.07) is 56.8. The van der Waals surface area contributed by atoms with Crippen molar-refractivity contribution in [1.29, 1.82) is 0 Å². The average Bonchev–Trinajstić information content (AvgIpc) is 3.59. The van der Waals surface area contributed by atoms with Gasteiger partial charge in [0.05, 0.1) is 0 Å². The van der Waals surface area contributed by atoms with E-state index in [0.29, 0.717) is 11.5 Å². The zero-order valence-electron chi connectivity index (χ0n) is 32.9. The Kier molecular flexibility index (Phi) is 10.6. The van der Waals surface area contributed by atoms with Crippen molar-refractivity contribution in [3.8, 4) is 22.6 Å². The Morgan fingerprint density at radius 3 is 2.09 bits per heavy atom. The first-order valence-electron chi connectivity index (χ1n) is 19.0. The van der Waals surface area contributed by atoms with Gasteiger partial charge >= 0.3 is 246 Å². The van der Waals surface area contributed by atoms with E-state index in [1.54, 1.807) is 0 Å². The number of para-hydroxylation sites is 1. The molecule has 0 radical (unpaired) electrons. The molecule has 0 unspecified atom stereocenters. The number of aromatic nitrogens is 1. The summed E-state index contributed by atoms with van der Waals surface area (Å²) in [5.41, 5.74) is 11.3. The quantitative estimate of drug-likeness (QED) is 0.122. The summed E-state index contributed by atoms with van der Waals surface area (Å²) < 4.78 is 9.30. The number of anilines is 7. The third kappa shape index (κ3) is 7.76. The minimum absolute atomic E-state index is 0. The van der Waals surface area contributed by atoms with Crippen molar-refractivity contribution < 1.29 is 25.8 Å². The fraction of sp³-hybridized carbons (Fsp3) is 0.160. The number of hydrogen-bond donors (Lipinski definition) is 0. The van der Waals surface area contributed by atoms with Gasteiger partial charge in [0.2, 0.25) is 0 Å². The Labute approximate surface area is 361 Å². The SMILES string of the molecule is CC(C)(C)c1ccc(N2[CH-]N(c3[c-]c(Oc4[c-]c5c(cc4)[Te]c4ccccc4N5c4cc(C(C)(C)C)ccn4)ccc3)c3ccc(-c4ccccc4)cc32)cc1.[Pt]. The molecule has 7 aromatic rings. The van der Waals surface area contributed by atoms with Crippen LogP contribution in [0.15, 0.2) is 146 Å². The van der Waals surface area contributed by atoms with Crippen molar-refractivity contribution in [2.24, 2.45) is 0 Å². The average molecular weight is 1040 g/mol. The molecule has 5 nitrogen and oxygen atoms in total. The van der Waals surface area contributed by atoms with Crippen molar-refractivity contribution in [2.45, 2.75) is 52.4 Å². The van der Waals surface area contributed by atoms with Gasteiger partial charge in [-0.05, 0) is 34.2 Å². The van der Waals surface area contributed by atoms with E-state index in [4.69, 9.17) is 9.72 Å². The van der Waals surface area contributed by atoms with Gasteiger partial charge in [0, 0.05) is 21.1 Å². The van der Waals surface area contributed by atoms with Crippen LogP contribution >= 0.6 is 0 Å². The molecule has 0 atom stereocenters. The molecule has 2 aliphatic rings. The normalized spacial score (nSPS) is 13.4. The van der Waals surface area contributed by atoms with Gasteiger partial charge in [-0.15, -0.1) is 0 Å². The fourth-order valence-electron chi connectivity index (χ4n) is 7.22. The Morgan fingerprint density at radius 1 is 0.579 bits per heavy atom. The minimum atomic E-state index is -0.637. The standard InChI is InChI=1S/C50H43N4OTe.Pt/c1-49(2,3)36-20-22-38(23-21-36)52-33-53(42-25-19-35(29-44(42)52)34-13-8-7-9-14-34)39-15-12-16-40(31-39)55-41-24-26-47-45(32-41)54(43-17-10-11-18-46(43)56-47)48-30-37(27-28-51-48)50(4,5)6;/h7-30,33H,1-6H3;/q-3;. The van der Waals surface area contributed by atoms with E-state index in [9.17, 15) is 0 Å². The summed E-state index contributed by atoms with van der Waals surface area (Å²) in [5.74, 6) is 2.14. The first-order valence-corrected chi connectivity index (χ1v) is 21.4. The van der Waals surface area contributed by atoms with Gasteiger partial charge in [-0.1, -0.05) is 63.2 Å². The second-order valence-corrected chi connectivity index (χ2v) is 19.4. The zero-order chi connectivity index (χ0) is 38.6. The van der Waals surface area contributed by atoms with Gasteiger partial charge in [0.15, 0.2) is 0 Å². The smallest absolute Gasteiger partial charge is 0 e. The molecule has 0 spiro atoms. The van der Waals surface area contributed by atoms with Crippen LogP contribution in [0.4, 0.5) is 39.9 Å². The number of ether oxygens (including phenoxy) is 1. The molecule has 0 aliphatic carbocycles. The summed E-state index contributed by atoms with van der Waals surface area (Å²) in [7, 11) is 0. The first-order chi connectivity index (χ1) is 27.0. The topological polar surface area (TPSA) is 31.8 Å². The molecule has 0 N–H and O–H groups in total. The van der Waals surface area contributed by atoms with Crippen LogP contribution in [0.1, 0.15) is 52.7 Å². The first kappa shape index (κ1) is 39.0. The van der Waals surface area contributed by atoms with Crippen molar-refractivity contribution in [2.75, 3.05) is 14.7 Å². The summed E-state index contributed by atoms with van der Waals surface area (Å²) in [6.07, 6.45) is 1.92. The molecule has 3 heterocycles. The van der Waals surface area contributed by atoms with Gasteiger partial charge in [-0.25, -0.2) is 0 Å². The molecule has 7 heteroatoms. The monoisotopic (exact) mass is 1040 g/mol. The van der Waals surface area contributed by atoms with Gasteiger partial charge in [0.1, 0.15) is 0 Å². The largest absolute Gasteiger partial charge is 0.0565 e. The maximum Gasteiger partial charge on any atom is 0 e. The Bertz CT molecular complexity index is 2560. The van der Waals surface area contributed by atoms with Gasteiger partial charge in [-0.3, -0.25) is 0 Å². The van der Waals surface area contributed by atoms with Crippen molar-refractivity contribution in [3.05, 3.63) is 176 Å². The van der Waals surface area contributed by atoms with Crippen LogP contribution in [0.2, 0.25) is 0 Å². The number of pyridine rings is 1. The van der Waals surface area contributed by atoms with E-state index in [1.807, 2.05) is 24.4 Å². The Hall–Kier alpha value is -4.85. The number of hydrogen-bond acceptors (Lipinski definition) is 5. The van der Waals surface area contributed by atoms with E-state index in [2.05, 4.69) is 196 Å². The third-order valence-corrected chi connectivity index (χ3v) is 13.5. The molecule has 57 heavy (non-hydrogen) atoms. The van der Waals surface area contributed by atoms with Gasteiger partial charge in [-0.2, -0.15) is 0 Å². The van der Waals surface area contributed by atoms with Gasteiger partial charge in [0.25, 0.3) is 0 Å². The van der Waals surface area contributed by atoms with Crippen LogP contribution in [-0.4, -0.2) is 25.9 Å². The van der Waals surface area contributed by atoms with Crippen molar-refractivity contribution in [3.63, 3.8) is 0 Å². The van der Waals surface area contributed by atoms with Crippen LogP contribution in [0.3, 0.4) is 0 Å². The van der Waals surface area contributed by atoms with E-state index >= 15 is 0 Å². The Balaban J connectivity index is 0.00000455. The molecular weight excluding hydrogens is 995 g/mol. The number of nitrogens with zero attached hydrogens (tertiary/aromatic N) is 4. The summed E-state index contributed by atoms with van der Waals surface area (Å²) >= 11 is -0.637. The summed E-state index contributed by atoms with van der Waals surface area (Å²) in [4.78, 5) is 11.6. The van der Waals surface area contributed by atoms with Crippen molar-refractivity contribution in [1.82, 2.24) is 4.98 Å². The number of rotatable bonds is 6. The molecule has 0 saturated carbocycles. The van der Waals surface area contributed by atoms with E-state index in [0.717, 1.165) is 34.3 Å².